The van der Waals surface area contributed by atoms with E-state index in [0.717, 1.165) is 31.5 Å². The van der Waals surface area contributed by atoms with E-state index in [-0.39, 0.29) is 17.9 Å². The molecule has 168 valence electrons. The molecular formula is C25H29ClN4O2. The molecule has 1 saturated heterocycles. The Morgan fingerprint density at radius 2 is 1.91 bits per heavy atom. The summed E-state index contributed by atoms with van der Waals surface area (Å²) in [4.78, 5) is 19.6. The Morgan fingerprint density at radius 1 is 1.19 bits per heavy atom. The first kappa shape index (κ1) is 22.5. The van der Waals surface area contributed by atoms with Gasteiger partial charge in [0.25, 0.3) is 0 Å². The van der Waals surface area contributed by atoms with Gasteiger partial charge < -0.3 is 9.84 Å². The summed E-state index contributed by atoms with van der Waals surface area (Å²) in [6.45, 7) is 8.47. The standard InChI is InChI=1S/C25H29ClN4O2/c1-16-4-5-17(2)22(14-16)18(3)27-25(31)20-10-12-30(13-11-20)15-23-28-24(29-32-23)19-6-8-21(26)9-7-19/h4-9,14,18,20H,10-13,15H2,1-3H3,(H,27,31). The molecule has 1 atom stereocenters. The van der Waals surface area contributed by atoms with Gasteiger partial charge in [-0.25, -0.2) is 0 Å². The Hall–Kier alpha value is -2.70. The van der Waals surface area contributed by atoms with Crippen molar-refractivity contribution in [3.63, 3.8) is 0 Å². The topological polar surface area (TPSA) is 71.3 Å². The Bertz CT molecular complexity index is 1070. The molecule has 2 aromatic carbocycles. The minimum absolute atomic E-state index is 0.00473. The summed E-state index contributed by atoms with van der Waals surface area (Å²) < 4.78 is 5.43. The number of carbonyl (C=O) groups excluding carboxylic acids is 1. The monoisotopic (exact) mass is 452 g/mol. The first-order valence-electron chi connectivity index (χ1n) is 11.1. The minimum Gasteiger partial charge on any atom is -0.349 e. The number of benzene rings is 2. The number of hydrogen-bond donors (Lipinski definition) is 1. The summed E-state index contributed by atoms with van der Waals surface area (Å²) in [5, 5.41) is 7.97. The minimum atomic E-state index is 0.00473. The molecule has 0 aliphatic carbocycles. The van der Waals surface area contributed by atoms with Gasteiger partial charge in [-0.05, 0) is 82.1 Å². The summed E-state index contributed by atoms with van der Waals surface area (Å²) in [6.07, 6.45) is 1.65. The first-order chi connectivity index (χ1) is 15.4. The second-order valence-electron chi connectivity index (χ2n) is 8.66. The lowest BCUT2D eigenvalue weighted by atomic mass is 9.94. The van der Waals surface area contributed by atoms with Crippen molar-refractivity contribution in [2.24, 2.45) is 5.92 Å². The van der Waals surface area contributed by atoms with Gasteiger partial charge in [-0.3, -0.25) is 9.69 Å². The summed E-state index contributed by atoms with van der Waals surface area (Å²) in [5.74, 6) is 1.32. The Labute approximate surface area is 194 Å². The van der Waals surface area contributed by atoms with Crippen molar-refractivity contribution in [2.45, 2.75) is 46.2 Å². The van der Waals surface area contributed by atoms with Crippen molar-refractivity contribution in [1.82, 2.24) is 20.4 Å². The molecule has 32 heavy (non-hydrogen) atoms. The highest BCUT2D eigenvalue weighted by Gasteiger charge is 2.27. The lowest BCUT2D eigenvalue weighted by molar-refractivity contribution is -0.127. The molecular weight excluding hydrogens is 424 g/mol. The van der Waals surface area contributed by atoms with Gasteiger partial charge in [-0.15, -0.1) is 0 Å². The van der Waals surface area contributed by atoms with Crippen LogP contribution >= 0.6 is 11.6 Å². The van der Waals surface area contributed by atoms with Crippen LogP contribution in [0.3, 0.4) is 0 Å². The Morgan fingerprint density at radius 3 is 2.62 bits per heavy atom. The summed E-state index contributed by atoms with van der Waals surface area (Å²) in [6, 6.07) is 13.7. The zero-order chi connectivity index (χ0) is 22.7. The average Bonchev–Trinajstić information content (AvgIpc) is 3.24. The average molecular weight is 453 g/mol. The third kappa shape index (κ3) is 5.37. The summed E-state index contributed by atoms with van der Waals surface area (Å²) >= 11 is 5.94. The molecule has 2 heterocycles. The molecule has 7 heteroatoms. The quantitative estimate of drug-likeness (QED) is 0.563. The summed E-state index contributed by atoms with van der Waals surface area (Å²) in [7, 11) is 0. The maximum absolute atomic E-state index is 12.8. The van der Waals surface area contributed by atoms with Crippen molar-refractivity contribution >= 4 is 17.5 Å². The summed E-state index contributed by atoms with van der Waals surface area (Å²) in [5.41, 5.74) is 4.47. The van der Waals surface area contributed by atoms with E-state index in [1.165, 1.54) is 16.7 Å². The van der Waals surface area contributed by atoms with Gasteiger partial charge in [0.05, 0.1) is 12.6 Å². The number of hydrogen-bond acceptors (Lipinski definition) is 5. The Kier molecular flexibility index (Phi) is 6.92. The molecule has 4 rings (SSSR count). The zero-order valence-electron chi connectivity index (χ0n) is 18.8. The number of nitrogens with zero attached hydrogens (tertiary/aromatic N) is 3. The van der Waals surface area contributed by atoms with Crippen molar-refractivity contribution in [3.05, 3.63) is 70.1 Å². The number of likely N-dealkylation sites (tertiary alicyclic amines) is 1. The number of piperidine rings is 1. The lowest BCUT2D eigenvalue weighted by Crippen LogP contribution is -2.41. The SMILES string of the molecule is Cc1ccc(C)c(C(C)NC(=O)C2CCN(Cc3nc(-c4ccc(Cl)cc4)no3)CC2)c1. The Balaban J connectivity index is 1.28. The zero-order valence-corrected chi connectivity index (χ0v) is 19.5. The number of nitrogens with one attached hydrogen (secondary N) is 1. The van der Waals surface area contributed by atoms with Gasteiger partial charge in [-0.2, -0.15) is 4.98 Å². The van der Waals surface area contributed by atoms with Gasteiger partial charge in [0.2, 0.25) is 17.6 Å². The van der Waals surface area contributed by atoms with Gasteiger partial charge in [0.15, 0.2) is 0 Å². The van der Waals surface area contributed by atoms with E-state index < -0.39 is 0 Å². The van der Waals surface area contributed by atoms with Crippen LogP contribution in [-0.4, -0.2) is 34.0 Å². The predicted molar refractivity (Wildman–Crippen MR) is 125 cm³/mol. The number of carbonyl (C=O) groups is 1. The van der Waals surface area contributed by atoms with Crippen LogP contribution < -0.4 is 5.32 Å². The number of rotatable bonds is 6. The highest BCUT2D eigenvalue weighted by Crippen LogP contribution is 2.24. The van der Waals surface area contributed by atoms with E-state index in [1.54, 1.807) is 0 Å². The number of halogens is 1. The maximum atomic E-state index is 12.8. The molecule has 1 aliphatic rings. The molecule has 1 unspecified atom stereocenters. The molecule has 1 N–H and O–H groups in total. The van der Waals surface area contributed by atoms with E-state index in [4.69, 9.17) is 16.1 Å². The number of amides is 1. The number of aryl methyl sites for hydroxylation is 2. The molecule has 6 nitrogen and oxygen atoms in total. The molecule has 0 bridgehead atoms. The van der Waals surface area contributed by atoms with Crippen molar-refractivity contribution in [1.29, 1.82) is 0 Å². The van der Waals surface area contributed by atoms with Crippen LogP contribution in [0.4, 0.5) is 0 Å². The van der Waals surface area contributed by atoms with Crippen LogP contribution in [0.25, 0.3) is 11.4 Å². The van der Waals surface area contributed by atoms with E-state index in [0.29, 0.717) is 23.3 Å². The highest BCUT2D eigenvalue weighted by molar-refractivity contribution is 6.30. The van der Waals surface area contributed by atoms with Crippen LogP contribution in [0.2, 0.25) is 5.02 Å². The van der Waals surface area contributed by atoms with Crippen molar-refractivity contribution < 1.29 is 9.32 Å². The van der Waals surface area contributed by atoms with E-state index in [9.17, 15) is 4.79 Å². The lowest BCUT2D eigenvalue weighted by Gasteiger charge is -2.31. The van der Waals surface area contributed by atoms with Crippen LogP contribution in [-0.2, 0) is 11.3 Å². The molecule has 0 saturated carbocycles. The van der Waals surface area contributed by atoms with E-state index in [1.807, 2.05) is 24.3 Å². The molecule has 0 spiro atoms. The normalized spacial score (nSPS) is 16.1. The molecule has 1 amide bonds. The second-order valence-corrected chi connectivity index (χ2v) is 9.10. The van der Waals surface area contributed by atoms with Crippen LogP contribution in [0.1, 0.15) is 48.4 Å². The van der Waals surface area contributed by atoms with Crippen LogP contribution in [0.5, 0.6) is 0 Å². The van der Waals surface area contributed by atoms with Crippen LogP contribution in [0, 0.1) is 19.8 Å². The van der Waals surface area contributed by atoms with Crippen molar-refractivity contribution in [3.8, 4) is 11.4 Å². The fraction of sp³-hybridized carbons (Fsp3) is 0.400. The maximum Gasteiger partial charge on any atom is 0.241 e. The van der Waals surface area contributed by atoms with Gasteiger partial charge in [0.1, 0.15) is 0 Å². The van der Waals surface area contributed by atoms with Crippen molar-refractivity contribution in [2.75, 3.05) is 13.1 Å². The smallest absolute Gasteiger partial charge is 0.241 e. The van der Waals surface area contributed by atoms with Gasteiger partial charge >= 0.3 is 0 Å². The van der Waals surface area contributed by atoms with E-state index >= 15 is 0 Å². The molecule has 1 aromatic heterocycles. The molecule has 3 aromatic rings. The fourth-order valence-electron chi connectivity index (χ4n) is 4.22. The molecule has 1 fully saturated rings. The third-order valence-electron chi connectivity index (χ3n) is 6.15. The van der Waals surface area contributed by atoms with Gasteiger partial charge in [0, 0.05) is 16.5 Å². The highest BCUT2D eigenvalue weighted by atomic mass is 35.5. The van der Waals surface area contributed by atoms with Crippen LogP contribution in [0.15, 0.2) is 47.0 Å². The largest absolute Gasteiger partial charge is 0.349 e. The third-order valence-corrected chi connectivity index (χ3v) is 6.40. The molecule has 0 radical (unpaired) electrons. The first-order valence-corrected chi connectivity index (χ1v) is 11.5. The second kappa shape index (κ2) is 9.84. The van der Waals surface area contributed by atoms with E-state index in [2.05, 4.69) is 59.3 Å². The van der Waals surface area contributed by atoms with Gasteiger partial charge in [-0.1, -0.05) is 40.5 Å². The fourth-order valence-corrected chi connectivity index (χ4v) is 4.34. The number of aromatic nitrogens is 2. The predicted octanol–water partition coefficient (Wildman–Crippen LogP) is 5.10. The molecule has 1 aliphatic heterocycles.